The fourth-order valence-electron chi connectivity index (χ4n) is 2.36. The number of hydrogen-bond acceptors (Lipinski definition) is 3. The van der Waals surface area contributed by atoms with Crippen LogP contribution in [-0.2, 0) is 9.63 Å². The predicted octanol–water partition coefficient (Wildman–Crippen LogP) is 3.08. The molecule has 1 aliphatic heterocycles. The lowest BCUT2D eigenvalue weighted by atomic mass is 10.0. The molecule has 0 N–H and O–H groups in total. The second-order valence-electron chi connectivity index (χ2n) is 4.50. The Balaban J connectivity index is 2.17. The molecule has 92 valence electrons. The van der Waals surface area contributed by atoms with Gasteiger partial charge in [0, 0.05) is 13.5 Å². The van der Waals surface area contributed by atoms with Crippen molar-refractivity contribution in [3.8, 4) is 0 Å². The van der Waals surface area contributed by atoms with Crippen LogP contribution in [0.25, 0.3) is 0 Å². The van der Waals surface area contributed by atoms with E-state index in [9.17, 15) is 4.79 Å². The van der Waals surface area contributed by atoms with Crippen LogP contribution in [0.5, 0.6) is 0 Å². The molecule has 2 rings (SSSR count). The Labute approximate surface area is 102 Å². The second-order valence-corrected chi connectivity index (χ2v) is 4.50. The van der Waals surface area contributed by atoms with Gasteiger partial charge in [0.05, 0.1) is 6.04 Å². The van der Waals surface area contributed by atoms with Crippen LogP contribution in [0.15, 0.2) is 30.3 Å². The van der Waals surface area contributed by atoms with Gasteiger partial charge < -0.3 is 4.84 Å². The molecule has 3 heteroatoms. The van der Waals surface area contributed by atoms with Crippen molar-refractivity contribution in [2.45, 2.75) is 38.6 Å². The molecule has 0 bridgehead atoms. The first-order chi connectivity index (χ1) is 8.27. The first-order valence-electron chi connectivity index (χ1n) is 6.27. The van der Waals surface area contributed by atoms with Gasteiger partial charge in [-0.3, -0.25) is 4.79 Å². The molecule has 1 heterocycles. The Kier molecular flexibility index (Phi) is 4.15. The summed E-state index contributed by atoms with van der Waals surface area (Å²) >= 11 is 0. The molecule has 1 aromatic carbocycles. The van der Waals surface area contributed by atoms with Gasteiger partial charge in [-0.2, -0.15) is 0 Å². The third-order valence-corrected chi connectivity index (χ3v) is 3.13. The number of hydrogen-bond donors (Lipinski definition) is 0. The van der Waals surface area contributed by atoms with Crippen LogP contribution in [0, 0.1) is 0 Å². The van der Waals surface area contributed by atoms with Crippen LogP contribution in [0.4, 0.5) is 0 Å². The maximum absolute atomic E-state index is 11.1. The number of nitrogens with zero attached hydrogens (tertiary/aromatic N) is 1. The molecule has 0 radical (unpaired) electrons. The Bertz CT molecular complexity index is 364. The maximum Gasteiger partial charge on any atom is 0.322 e. The summed E-state index contributed by atoms with van der Waals surface area (Å²) in [6, 6.07) is 10.5. The maximum atomic E-state index is 11.1. The number of carbonyl (C=O) groups excluding carboxylic acids is 1. The van der Waals surface area contributed by atoms with E-state index in [2.05, 4.69) is 12.1 Å². The van der Waals surface area contributed by atoms with Gasteiger partial charge >= 0.3 is 5.97 Å². The van der Waals surface area contributed by atoms with Crippen LogP contribution in [-0.4, -0.2) is 17.6 Å². The summed E-state index contributed by atoms with van der Waals surface area (Å²) in [4.78, 5) is 16.5. The third-order valence-electron chi connectivity index (χ3n) is 3.13. The molecule has 0 aliphatic carbocycles. The normalized spacial score (nSPS) is 21.8. The second kappa shape index (κ2) is 5.82. The zero-order chi connectivity index (χ0) is 12.1. The van der Waals surface area contributed by atoms with Gasteiger partial charge in [-0.15, -0.1) is 5.06 Å². The summed E-state index contributed by atoms with van der Waals surface area (Å²) in [5, 5.41) is 1.85. The Morgan fingerprint density at radius 3 is 2.71 bits per heavy atom. The van der Waals surface area contributed by atoms with Crippen LogP contribution >= 0.6 is 0 Å². The summed E-state index contributed by atoms with van der Waals surface area (Å²) in [7, 11) is 0. The standard InChI is InChI=1S/C14H19NO2/c1-12(16)17-15-11-7-3-6-10-14(15)13-8-4-2-5-9-13/h2,4-5,8-9,14H,3,6-7,10-11H2,1H3/t14-/m1/s1. The molecule has 0 unspecified atom stereocenters. The van der Waals surface area contributed by atoms with Crippen molar-refractivity contribution < 1.29 is 9.63 Å². The molecule has 0 saturated carbocycles. The van der Waals surface area contributed by atoms with Gasteiger partial charge in [-0.05, 0) is 18.4 Å². The Morgan fingerprint density at radius 1 is 1.24 bits per heavy atom. The highest BCUT2D eigenvalue weighted by Gasteiger charge is 2.24. The minimum absolute atomic E-state index is 0.211. The van der Waals surface area contributed by atoms with E-state index in [1.807, 2.05) is 23.3 Å². The fourth-order valence-corrected chi connectivity index (χ4v) is 2.36. The highest BCUT2D eigenvalue weighted by molar-refractivity contribution is 5.65. The van der Waals surface area contributed by atoms with E-state index in [1.54, 1.807) is 0 Å². The van der Waals surface area contributed by atoms with Crippen LogP contribution in [0.2, 0.25) is 0 Å². The lowest BCUT2D eigenvalue weighted by molar-refractivity contribution is -0.200. The molecular weight excluding hydrogens is 214 g/mol. The first kappa shape index (κ1) is 12.1. The highest BCUT2D eigenvalue weighted by atomic mass is 16.7. The van der Waals surface area contributed by atoms with Crippen molar-refractivity contribution in [1.29, 1.82) is 0 Å². The highest BCUT2D eigenvalue weighted by Crippen LogP contribution is 2.30. The summed E-state index contributed by atoms with van der Waals surface area (Å²) < 4.78 is 0. The van der Waals surface area contributed by atoms with E-state index in [0.29, 0.717) is 0 Å². The predicted molar refractivity (Wildman–Crippen MR) is 66.1 cm³/mol. The number of hydroxylamine groups is 2. The van der Waals surface area contributed by atoms with Gasteiger partial charge in [0.1, 0.15) is 0 Å². The van der Waals surface area contributed by atoms with Gasteiger partial charge in [0.15, 0.2) is 0 Å². The zero-order valence-electron chi connectivity index (χ0n) is 10.3. The summed E-state index contributed by atoms with van der Waals surface area (Å²) in [5.74, 6) is -0.229. The Morgan fingerprint density at radius 2 is 2.00 bits per heavy atom. The molecule has 0 aromatic heterocycles. The van der Waals surface area contributed by atoms with Gasteiger partial charge in [-0.1, -0.05) is 43.2 Å². The molecule has 1 fully saturated rings. The first-order valence-corrected chi connectivity index (χ1v) is 6.27. The molecular formula is C14H19NO2. The summed E-state index contributed by atoms with van der Waals surface area (Å²) in [6.45, 7) is 2.30. The molecule has 0 spiro atoms. The van der Waals surface area contributed by atoms with Crippen molar-refractivity contribution >= 4 is 5.97 Å². The third kappa shape index (κ3) is 3.30. The molecule has 1 aliphatic rings. The SMILES string of the molecule is CC(=O)ON1CCCCC[C@@H]1c1ccccc1. The van der Waals surface area contributed by atoms with E-state index in [1.165, 1.54) is 25.3 Å². The zero-order valence-corrected chi connectivity index (χ0v) is 10.3. The van der Waals surface area contributed by atoms with Crippen molar-refractivity contribution in [3.05, 3.63) is 35.9 Å². The lowest BCUT2D eigenvalue weighted by Gasteiger charge is -2.27. The smallest absolute Gasteiger partial charge is 0.322 e. The van der Waals surface area contributed by atoms with Crippen molar-refractivity contribution in [2.75, 3.05) is 6.54 Å². The van der Waals surface area contributed by atoms with E-state index in [4.69, 9.17) is 4.84 Å². The topological polar surface area (TPSA) is 29.5 Å². The lowest BCUT2D eigenvalue weighted by Crippen LogP contribution is -2.30. The summed E-state index contributed by atoms with van der Waals surface area (Å²) in [6.07, 6.45) is 4.55. The molecule has 1 aromatic rings. The number of carbonyl (C=O) groups is 1. The minimum Gasteiger partial charge on any atom is -0.368 e. The molecule has 0 amide bonds. The van der Waals surface area contributed by atoms with Gasteiger partial charge in [-0.25, -0.2) is 0 Å². The van der Waals surface area contributed by atoms with Crippen molar-refractivity contribution in [3.63, 3.8) is 0 Å². The van der Waals surface area contributed by atoms with Gasteiger partial charge in [0.25, 0.3) is 0 Å². The van der Waals surface area contributed by atoms with Crippen LogP contribution < -0.4 is 0 Å². The molecule has 1 atom stereocenters. The molecule has 1 saturated heterocycles. The Hall–Kier alpha value is -1.35. The largest absolute Gasteiger partial charge is 0.368 e. The molecule has 3 nitrogen and oxygen atoms in total. The number of rotatable bonds is 2. The van der Waals surface area contributed by atoms with Crippen molar-refractivity contribution in [2.24, 2.45) is 0 Å². The summed E-state index contributed by atoms with van der Waals surface area (Å²) in [5.41, 5.74) is 1.23. The van der Waals surface area contributed by atoms with E-state index in [-0.39, 0.29) is 12.0 Å². The quantitative estimate of drug-likeness (QED) is 0.786. The minimum atomic E-state index is -0.229. The molecule has 17 heavy (non-hydrogen) atoms. The average molecular weight is 233 g/mol. The van der Waals surface area contributed by atoms with Crippen LogP contribution in [0.1, 0.15) is 44.2 Å². The van der Waals surface area contributed by atoms with Gasteiger partial charge in [0.2, 0.25) is 0 Å². The monoisotopic (exact) mass is 233 g/mol. The van der Waals surface area contributed by atoms with E-state index < -0.39 is 0 Å². The average Bonchev–Trinajstić information content (AvgIpc) is 2.55. The van der Waals surface area contributed by atoms with Crippen LogP contribution in [0.3, 0.4) is 0 Å². The van der Waals surface area contributed by atoms with Crippen molar-refractivity contribution in [1.82, 2.24) is 5.06 Å². The van der Waals surface area contributed by atoms with E-state index in [0.717, 1.165) is 19.4 Å². The number of benzene rings is 1. The van der Waals surface area contributed by atoms with E-state index >= 15 is 0 Å². The fraction of sp³-hybridized carbons (Fsp3) is 0.500.